The number of carbonyl (C=O) groups is 1. The predicted octanol–water partition coefficient (Wildman–Crippen LogP) is 0.591. The summed E-state index contributed by atoms with van der Waals surface area (Å²) in [5.74, 6) is 0.0480. The fourth-order valence-electron chi connectivity index (χ4n) is 1.28. The summed E-state index contributed by atoms with van der Waals surface area (Å²) in [7, 11) is 1.73. The highest BCUT2D eigenvalue weighted by molar-refractivity contribution is 5.78. The molecule has 0 aromatic rings. The van der Waals surface area contributed by atoms with E-state index in [0.717, 1.165) is 12.8 Å². The van der Waals surface area contributed by atoms with E-state index in [1.165, 1.54) is 0 Å². The maximum atomic E-state index is 11.9. The molecule has 0 heterocycles. The zero-order chi connectivity index (χ0) is 12.1. The first-order chi connectivity index (χ1) is 6.86. The number of aliphatic hydroxyl groups excluding tert-OH is 1. The Kier molecular flexibility index (Phi) is 5.83. The number of nitrogens with zero attached hydrogens (tertiary/aromatic N) is 1. The van der Waals surface area contributed by atoms with E-state index in [4.69, 9.17) is 10.8 Å². The van der Waals surface area contributed by atoms with Gasteiger partial charge in [-0.05, 0) is 33.2 Å². The zero-order valence-corrected chi connectivity index (χ0v) is 10.3. The Morgan fingerprint density at radius 1 is 1.53 bits per heavy atom. The number of hydrogen-bond acceptors (Lipinski definition) is 3. The zero-order valence-electron chi connectivity index (χ0n) is 10.3. The summed E-state index contributed by atoms with van der Waals surface area (Å²) in [6, 6.07) is 0. The second-order valence-corrected chi connectivity index (χ2v) is 4.70. The van der Waals surface area contributed by atoms with Crippen LogP contribution in [-0.4, -0.2) is 41.7 Å². The summed E-state index contributed by atoms with van der Waals surface area (Å²) in [5, 5.41) is 9.16. The lowest BCUT2D eigenvalue weighted by molar-refractivity contribution is -0.140. The van der Waals surface area contributed by atoms with E-state index in [2.05, 4.69) is 0 Å². The van der Waals surface area contributed by atoms with Crippen LogP contribution in [0.2, 0.25) is 0 Å². The molecule has 1 amide bonds. The second-order valence-electron chi connectivity index (χ2n) is 4.70. The van der Waals surface area contributed by atoms with E-state index in [1.54, 1.807) is 11.9 Å². The Morgan fingerprint density at radius 3 is 2.47 bits per heavy atom. The van der Waals surface area contributed by atoms with Gasteiger partial charge in [-0.3, -0.25) is 4.79 Å². The van der Waals surface area contributed by atoms with Gasteiger partial charge in [-0.2, -0.15) is 0 Å². The van der Waals surface area contributed by atoms with Crippen molar-refractivity contribution < 1.29 is 9.90 Å². The quantitative estimate of drug-likeness (QED) is 0.683. The minimum absolute atomic E-state index is 0.0237. The summed E-state index contributed by atoms with van der Waals surface area (Å²) in [6.07, 6.45) is 1.67. The fraction of sp³-hybridized carbons (Fsp3) is 0.909. The molecule has 0 fully saturated rings. The lowest BCUT2D eigenvalue weighted by Crippen LogP contribution is -2.49. The monoisotopic (exact) mass is 216 g/mol. The van der Waals surface area contributed by atoms with Gasteiger partial charge in [0, 0.05) is 13.0 Å². The van der Waals surface area contributed by atoms with Crippen molar-refractivity contribution in [2.45, 2.75) is 39.2 Å². The Labute approximate surface area is 92.4 Å². The molecule has 0 spiro atoms. The van der Waals surface area contributed by atoms with Crippen molar-refractivity contribution in [1.29, 1.82) is 0 Å². The highest BCUT2D eigenvalue weighted by Crippen LogP contribution is 2.16. The summed E-state index contributed by atoms with van der Waals surface area (Å²) >= 11 is 0. The standard InChI is InChI=1S/C11H24N2O2/c1-9(6-5-7-12)10(15)13(4)11(2,3)8-14/h9,14H,5-8,12H2,1-4H3. The summed E-state index contributed by atoms with van der Waals surface area (Å²) in [4.78, 5) is 13.5. The van der Waals surface area contributed by atoms with Crippen molar-refractivity contribution in [3.63, 3.8) is 0 Å². The molecule has 0 rings (SSSR count). The van der Waals surface area contributed by atoms with Crippen LogP contribution in [0, 0.1) is 5.92 Å². The predicted molar refractivity (Wildman–Crippen MR) is 61.4 cm³/mol. The minimum Gasteiger partial charge on any atom is -0.394 e. The first kappa shape index (κ1) is 14.4. The van der Waals surface area contributed by atoms with Crippen molar-refractivity contribution in [3.8, 4) is 0 Å². The van der Waals surface area contributed by atoms with Gasteiger partial charge in [-0.1, -0.05) is 6.92 Å². The van der Waals surface area contributed by atoms with Gasteiger partial charge >= 0.3 is 0 Å². The van der Waals surface area contributed by atoms with Gasteiger partial charge in [-0.25, -0.2) is 0 Å². The van der Waals surface area contributed by atoms with Crippen molar-refractivity contribution >= 4 is 5.91 Å². The average molecular weight is 216 g/mol. The molecular weight excluding hydrogens is 192 g/mol. The molecule has 0 aliphatic heterocycles. The first-order valence-corrected chi connectivity index (χ1v) is 5.45. The molecule has 15 heavy (non-hydrogen) atoms. The van der Waals surface area contributed by atoms with E-state index in [0.29, 0.717) is 6.54 Å². The highest BCUT2D eigenvalue weighted by Gasteiger charge is 2.29. The van der Waals surface area contributed by atoms with E-state index >= 15 is 0 Å². The lowest BCUT2D eigenvalue weighted by Gasteiger charge is -2.35. The third kappa shape index (κ3) is 4.18. The minimum atomic E-state index is -0.492. The molecule has 0 aliphatic rings. The molecule has 0 radical (unpaired) electrons. The third-order valence-corrected chi connectivity index (χ3v) is 2.89. The summed E-state index contributed by atoms with van der Waals surface area (Å²) in [6.45, 7) is 6.19. The van der Waals surface area contributed by atoms with Crippen LogP contribution in [0.3, 0.4) is 0 Å². The number of nitrogens with two attached hydrogens (primary N) is 1. The van der Waals surface area contributed by atoms with Crippen molar-refractivity contribution in [2.24, 2.45) is 11.7 Å². The van der Waals surface area contributed by atoms with Crippen LogP contribution in [0.4, 0.5) is 0 Å². The Balaban J connectivity index is 4.31. The van der Waals surface area contributed by atoms with E-state index in [9.17, 15) is 4.79 Å². The maximum Gasteiger partial charge on any atom is 0.225 e. The molecule has 0 saturated carbocycles. The van der Waals surface area contributed by atoms with E-state index < -0.39 is 5.54 Å². The topological polar surface area (TPSA) is 66.6 Å². The van der Waals surface area contributed by atoms with Crippen molar-refractivity contribution in [2.75, 3.05) is 20.2 Å². The highest BCUT2D eigenvalue weighted by atomic mass is 16.3. The summed E-state index contributed by atoms with van der Waals surface area (Å²) < 4.78 is 0. The van der Waals surface area contributed by atoms with Gasteiger partial charge < -0.3 is 15.7 Å². The lowest BCUT2D eigenvalue weighted by atomic mass is 9.99. The van der Waals surface area contributed by atoms with Crippen LogP contribution in [0.15, 0.2) is 0 Å². The van der Waals surface area contributed by atoms with Crippen molar-refractivity contribution in [1.82, 2.24) is 4.90 Å². The molecule has 4 heteroatoms. The van der Waals surface area contributed by atoms with Gasteiger partial charge in [0.25, 0.3) is 0 Å². The number of carbonyl (C=O) groups excluding carboxylic acids is 1. The molecule has 90 valence electrons. The van der Waals surface area contributed by atoms with Crippen LogP contribution < -0.4 is 5.73 Å². The van der Waals surface area contributed by atoms with Crippen molar-refractivity contribution in [3.05, 3.63) is 0 Å². The van der Waals surface area contributed by atoms with Gasteiger partial charge in [0.1, 0.15) is 0 Å². The molecule has 4 nitrogen and oxygen atoms in total. The number of rotatable bonds is 6. The molecule has 0 aromatic carbocycles. The smallest absolute Gasteiger partial charge is 0.225 e. The Bertz CT molecular complexity index is 205. The van der Waals surface area contributed by atoms with Crippen LogP contribution in [0.5, 0.6) is 0 Å². The fourth-order valence-corrected chi connectivity index (χ4v) is 1.28. The third-order valence-electron chi connectivity index (χ3n) is 2.89. The average Bonchev–Trinajstić information content (AvgIpc) is 2.23. The van der Waals surface area contributed by atoms with Gasteiger partial charge in [0.2, 0.25) is 5.91 Å². The number of amides is 1. The molecule has 1 unspecified atom stereocenters. The Hall–Kier alpha value is -0.610. The van der Waals surface area contributed by atoms with Gasteiger partial charge in [0.05, 0.1) is 12.1 Å². The molecule has 0 aromatic heterocycles. The molecule has 0 saturated heterocycles. The SMILES string of the molecule is CC(CCCN)C(=O)N(C)C(C)(C)CO. The maximum absolute atomic E-state index is 11.9. The molecule has 0 bridgehead atoms. The molecular formula is C11H24N2O2. The molecule has 3 N–H and O–H groups in total. The largest absolute Gasteiger partial charge is 0.394 e. The van der Waals surface area contributed by atoms with E-state index in [1.807, 2.05) is 20.8 Å². The van der Waals surface area contributed by atoms with Gasteiger partial charge in [0.15, 0.2) is 0 Å². The first-order valence-electron chi connectivity index (χ1n) is 5.45. The van der Waals surface area contributed by atoms with Crippen LogP contribution in [0.1, 0.15) is 33.6 Å². The summed E-state index contributed by atoms with van der Waals surface area (Å²) in [5.41, 5.74) is 4.91. The Morgan fingerprint density at radius 2 is 2.07 bits per heavy atom. The number of aliphatic hydroxyl groups is 1. The normalized spacial score (nSPS) is 13.7. The molecule has 1 atom stereocenters. The van der Waals surface area contributed by atoms with E-state index in [-0.39, 0.29) is 18.4 Å². The van der Waals surface area contributed by atoms with Gasteiger partial charge in [-0.15, -0.1) is 0 Å². The number of hydrogen-bond donors (Lipinski definition) is 2. The second kappa shape index (κ2) is 6.08. The van der Waals surface area contributed by atoms with Crippen LogP contribution in [0.25, 0.3) is 0 Å². The van der Waals surface area contributed by atoms with Crippen LogP contribution >= 0.6 is 0 Å². The molecule has 0 aliphatic carbocycles. The number of likely N-dealkylation sites (N-methyl/N-ethyl adjacent to an activating group) is 1. The van der Waals surface area contributed by atoms with Crippen LogP contribution in [-0.2, 0) is 4.79 Å².